The van der Waals surface area contributed by atoms with Gasteiger partial charge in [-0.1, -0.05) is 188 Å². The summed E-state index contributed by atoms with van der Waals surface area (Å²) < 4.78 is 0. The highest BCUT2D eigenvalue weighted by molar-refractivity contribution is 5.94. The Morgan fingerprint density at radius 2 is 1.48 bits per heavy atom. The Hall–Kier alpha value is -7.01. The number of allylic oxidation sites excluding steroid dienone is 8. The SMILES string of the molecule is NC(/C=C(\N=Cc1ccccc1C1=CC2C3=C(C=CCC3)N(c3cccc(-c4cccc5c4N(C4C=CC=CC4)C4C=CC=CC54)c3)C2C=C1)c1ccccc1)c1ccccc1. The monoisotopic (exact) mass is 802 g/mol. The van der Waals surface area contributed by atoms with Crippen LogP contribution < -0.4 is 15.5 Å². The Morgan fingerprint density at radius 3 is 2.35 bits per heavy atom. The Morgan fingerprint density at radius 1 is 0.694 bits per heavy atom. The van der Waals surface area contributed by atoms with Crippen LogP contribution >= 0.6 is 0 Å². The Bertz CT molecular complexity index is 2830. The van der Waals surface area contributed by atoms with Gasteiger partial charge in [-0.2, -0.15) is 0 Å². The predicted octanol–water partition coefficient (Wildman–Crippen LogP) is 12.9. The minimum absolute atomic E-state index is 0.185. The first-order valence-corrected chi connectivity index (χ1v) is 22.2. The number of aliphatic imine (C=N–C) groups is 1. The van der Waals surface area contributed by atoms with E-state index >= 15 is 0 Å². The highest BCUT2D eigenvalue weighted by Gasteiger charge is 2.42. The Labute approximate surface area is 365 Å². The minimum Gasteiger partial charge on any atom is -0.357 e. The number of hydrogen-bond donors (Lipinski definition) is 1. The summed E-state index contributed by atoms with van der Waals surface area (Å²) in [6.07, 6.45) is 37.6. The van der Waals surface area contributed by atoms with Gasteiger partial charge in [-0.25, -0.2) is 0 Å². The Balaban J connectivity index is 0.925. The highest BCUT2D eigenvalue weighted by Crippen LogP contribution is 2.52. The molecule has 5 aromatic rings. The molecular weight excluding hydrogens is 753 g/mol. The molecule has 6 unspecified atom stereocenters. The summed E-state index contributed by atoms with van der Waals surface area (Å²) in [6, 6.07) is 46.0. The molecule has 4 aliphatic carbocycles. The molecule has 0 amide bonds. The normalized spacial score (nSPS) is 23.7. The van der Waals surface area contributed by atoms with Gasteiger partial charge in [-0.3, -0.25) is 4.99 Å². The zero-order valence-electron chi connectivity index (χ0n) is 34.8. The molecule has 0 bridgehead atoms. The third-order valence-corrected chi connectivity index (χ3v) is 13.4. The number of benzene rings is 5. The molecule has 0 saturated heterocycles. The molecule has 0 fully saturated rings. The second-order valence-corrected chi connectivity index (χ2v) is 17.0. The van der Waals surface area contributed by atoms with Crippen molar-refractivity contribution < 1.29 is 0 Å². The van der Waals surface area contributed by atoms with Gasteiger partial charge in [0.1, 0.15) is 0 Å². The molecule has 62 heavy (non-hydrogen) atoms. The molecule has 0 saturated carbocycles. The van der Waals surface area contributed by atoms with E-state index < -0.39 is 0 Å². The number of nitrogens with two attached hydrogens (primary N) is 1. The van der Waals surface area contributed by atoms with E-state index in [4.69, 9.17) is 10.7 Å². The third kappa shape index (κ3) is 6.91. The number of anilines is 2. The maximum absolute atomic E-state index is 6.73. The number of fused-ring (bicyclic) bond motifs is 5. The minimum atomic E-state index is -0.281. The van der Waals surface area contributed by atoms with E-state index in [9.17, 15) is 0 Å². The van der Waals surface area contributed by atoms with E-state index in [1.165, 1.54) is 50.5 Å². The second-order valence-electron chi connectivity index (χ2n) is 17.0. The van der Waals surface area contributed by atoms with E-state index in [1.54, 1.807) is 0 Å². The molecule has 4 nitrogen and oxygen atoms in total. The van der Waals surface area contributed by atoms with Crippen LogP contribution in [-0.2, 0) is 0 Å². The zero-order valence-corrected chi connectivity index (χ0v) is 34.8. The average Bonchev–Trinajstić information content (AvgIpc) is 3.86. The van der Waals surface area contributed by atoms with Crippen molar-refractivity contribution in [2.24, 2.45) is 16.6 Å². The van der Waals surface area contributed by atoms with Gasteiger partial charge in [0, 0.05) is 46.2 Å². The maximum Gasteiger partial charge on any atom is 0.0681 e. The molecule has 0 aromatic heterocycles. The first-order valence-electron chi connectivity index (χ1n) is 22.2. The van der Waals surface area contributed by atoms with Crippen molar-refractivity contribution in [3.63, 3.8) is 0 Å². The molecule has 5 aromatic carbocycles. The number of nitrogens with zero attached hydrogens (tertiary/aromatic N) is 3. The number of para-hydroxylation sites is 1. The van der Waals surface area contributed by atoms with Crippen molar-refractivity contribution in [2.45, 2.75) is 49.3 Å². The molecule has 2 N–H and O–H groups in total. The fourth-order valence-electron chi connectivity index (χ4n) is 10.5. The molecule has 2 heterocycles. The molecule has 4 heteroatoms. The van der Waals surface area contributed by atoms with Crippen LogP contribution in [0.1, 0.15) is 59.0 Å². The van der Waals surface area contributed by atoms with Crippen molar-refractivity contribution >= 4 is 28.9 Å². The van der Waals surface area contributed by atoms with Crippen LogP contribution in [0.3, 0.4) is 0 Å². The van der Waals surface area contributed by atoms with Gasteiger partial charge < -0.3 is 15.5 Å². The molecule has 6 atom stereocenters. The summed E-state index contributed by atoms with van der Waals surface area (Å²) in [5.41, 5.74) is 22.6. The van der Waals surface area contributed by atoms with Crippen LogP contribution in [0.2, 0.25) is 0 Å². The lowest BCUT2D eigenvalue weighted by Gasteiger charge is -2.36. The highest BCUT2D eigenvalue weighted by atomic mass is 15.2. The maximum atomic E-state index is 6.73. The lowest BCUT2D eigenvalue weighted by molar-refractivity contribution is 0.614. The van der Waals surface area contributed by atoms with Gasteiger partial charge >= 0.3 is 0 Å². The van der Waals surface area contributed by atoms with Gasteiger partial charge in [0.25, 0.3) is 0 Å². The molecule has 2 aliphatic heterocycles. The van der Waals surface area contributed by atoms with Crippen molar-refractivity contribution in [3.8, 4) is 11.1 Å². The molecule has 11 rings (SSSR count). The Kier molecular flexibility index (Phi) is 10.1. The lowest BCUT2D eigenvalue weighted by atomic mass is 9.82. The lowest BCUT2D eigenvalue weighted by Crippen LogP contribution is -2.40. The summed E-state index contributed by atoms with van der Waals surface area (Å²) in [4.78, 5) is 10.4. The van der Waals surface area contributed by atoms with Crippen LogP contribution in [0.5, 0.6) is 0 Å². The molecule has 6 aliphatic rings. The summed E-state index contributed by atoms with van der Waals surface area (Å²) >= 11 is 0. The molecular formula is C58H50N4. The number of rotatable bonds is 9. The van der Waals surface area contributed by atoms with Crippen molar-refractivity contribution in [1.29, 1.82) is 0 Å². The topological polar surface area (TPSA) is 44.9 Å². The summed E-state index contributed by atoms with van der Waals surface area (Å²) in [7, 11) is 0. The fourth-order valence-corrected chi connectivity index (χ4v) is 10.5. The standard InChI is InChI=1S/C58H50N4/c59-53(40-18-4-1-5-19-40)38-54(41-20-6-2-7-21-41)60-39-44-22-10-11-27-47(44)43-34-35-57-52(37-43)50-29-13-14-32-55(50)61(57)46-26-16-23-42(36-46)48-30-17-31-51-49-28-12-15-33-56(49)62(58(48)51)45-24-8-3-9-25-45/h1-12,14-24,26-28,30-39,45,49,52-53,56-57H,13,25,29,59H2/b54-38-,60-39?. The van der Waals surface area contributed by atoms with Crippen LogP contribution in [0.25, 0.3) is 22.4 Å². The largest absolute Gasteiger partial charge is 0.357 e. The first kappa shape index (κ1) is 38.0. The summed E-state index contributed by atoms with van der Waals surface area (Å²) in [6.45, 7) is 0. The number of hydrogen-bond acceptors (Lipinski definition) is 4. The van der Waals surface area contributed by atoms with Gasteiger partial charge in [-0.05, 0) is 82.5 Å². The fraction of sp³-hybridized carbons (Fsp3) is 0.155. The predicted molar refractivity (Wildman–Crippen MR) is 260 cm³/mol. The average molecular weight is 803 g/mol. The van der Waals surface area contributed by atoms with Gasteiger partial charge in [0.2, 0.25) is 0 Å². The van der Waals surface area contributed by atoms with E-state index in [0.29, 0.717) is 18.0 Å². The van der Waals surface area contributed by atoms with Gasteiger partial charge in [0.05, 0.1) is 29.9 Å². The zero-order chi connectivity index (χ0) is 41.4. The van der Waals surface area contributed by atoms with Crippen molar-refractivity contribution in [3.05, 3.63) is 252 Å². The van der Waals surface area contributed by atoms with Gasteiger partial charge in [0.15, 0.2) is 0 Å². The first-order chi connectivity index (χ1) is 30.7. The third-order valence-electron chi connectivity index (χ3n) is 13.4. The van der Waals surface area contributed by atoms with Crippen molar-refractivity contribution in [1.82, 2.24) is 0 Å². The van der Waals surface area contributed by atoms with E-state index in [-0.39, 0.29) is 18.0 Å². The van der Waals surface area contributed by atoms with Crippen LogP contribution in [0.4, 0.5) is 11.4 Å². The summed E-state index contributed by atoms with van der Waals surface area (Å²) in [5.74, 6) is 0.610. The molecule has 0 spiro atoms. The van der Waals surface area contributed by atoms with E-state index in [1.807, 2.05) is 30.5 Å². The van der Waals surface area contributed by atoms with Crippen LogP contribution in [-0.4, -0.2) is 24.3 Å². The quantitative estimate of drug-likeness (QED) is 0.151. The smallest absolute Gasteiger partial charge is 0.0681 e. The molecule has 302 valence electrons. The van der Waals surface area contributed by atoms with Crippen LogP contribution in [0, 0.1) is 5.92 Å². The van der Waals surface area contributed by atoms with E-state index in [0.717, 1.165) is 41.6 Å². The van der Waals surface area contributed by atoms with Crippen molar-refractivity contribution in [2.75, 3.05) is 9.80 Å². The molecule has 0 radical (unpaired) electrons. The van der Waals surface area contributed by atoms with E-state index in [2.05, 4.69) is 198 Å². The van der Waals surface area contributed by atoms with Crippen LogP contribution in [0.15, 0.2) is 229 Å². The second kappa shape index (κ2) is 16.5. The van der Waals surface area contributed by atoms with Gasteiger partial charge in [-0.15, -0.1) is 0 Å². The summed E-state index contributed by atoms with van der Waals surface area (Å²) in [5, 5.41) is 0.